The van der Waals surface area contributed by atoms with Crippen molar-refractivity contribution in [2.45, 2.75) is 24.9 Å². The van der Waals surface area contributed by atoms with Crippen molar-refractivity contribution in [1.82, 2.24) is 15.6 Å². The summed E-state index contributed by atoms with van der Waals surface area (Å²) in [4.78, 5) is 4.49. The van der Waals surface area contributed by atoms with E-state index in [-0.39, 0.29) is 6.54 Å². The van der Waals surface area contributed by atoms with Gasteiger partial charge in [-0.15, -0.1) is 11.3 Å². The summed E-state index contributed by atoms with van der Waals surface area (Å²) in [7, 11) is 1.61. The molecule has 1 saturated heterocycles. The molecule has 3 rings (SSSR count). The number of fused-ring (bicyclic) bond motifs is 1. The highest BCUT2D eigenvalue weighted by molar-refractivity contribution is 7.18. The molecule has 0 spiro atoms. The van der Waals surface area contributed by atoms with Gasteiger partial charge in [-0.1, -0.05) is 0 Å². The van der Waals surface area contributed by atoms with Gasteiger partial charge in [-0.25, -0.2) is 4.98 Å². The minimum atomic E-state index is -4.34. The predicted molar refractivity (Wildman–Crippen MR) is 85.5 cm³/mol. The molecule has 0 aliphatic carbocycles. The number of alkyl halides is 3. The van der Waals surface area contributed by atoms with Crippen molar-refractivity contribution in [2.75, 3.05) is 26.7 Å². The second kappa shape index (κ2) is 7.22. The molecule has 1 aliphatic heterocycles. The smallest absolute Gasteiger partial charge is 0.415 e. The Hall–Kier alpha value is -1.42. The van der Waals surface area contributed by atoms with E-state index in [0.29, 0.717) is 19.6 Å². The number of halogens is 3. The first-order valence-corrected chi connectivity index (χ1v) is 8.34. The topological polar surface area (TPSA) is 55.4 Å². The average Bonchev–Trinajstić information content (AvgIpc) is 2.96. The van der Waals surface area contributed by atoms with Gasteiger partial charge in [0.15, 0.2) is 6.10 Å². The third kappa shape index (κ3) is 4.15. The van der Waals surface area contributed by atoms with E-state index in [1.54, 1.807) is 7.11 Å². The number of benzene rings is 1. The summed E-state index contributed by atoms with van der Waals surface area (Å²) >= 11 is 1.53. The van der Waals surface area contributed by atoms with Crippen molar-refractivity contribution >= 4 is 21.6 Å². The lowest BCUT2D eigenvalue weighted by atomic mass is 10.2. The predicted octanol–water partition coefficient (Wildman–Crippen LogP) is 2.31. The van der Waals surface area contributed by atoms with Crippen LogP contribution in [0, 0.1) is 0 Å². The zero-order chi connectivity index (χ0) is 17.2. The Balaban J connectivity index is 1.53. The third-order valence-corrected chi connectivity index (χ3v) is 4.73. The van der Waals surface area contributed by atoms with E-state index in [9.17, 15) is 13.2 Å². The largest absolute Gasteiger partial charge is 0.497 e. The van der Waals surface area contributed by atoms with Gasteiger partial charge >= 0.3 is 6.18 Å². The van der Waals surface area contributed by atoms with Crippen molar-refractivity contribution in [3.05, 3.63) is 23.2 Å². The molecule has 2 unspecified atom stereocenters. The standard InChI is InChI=1S/C15H18F3N3O2S/c1-22-9-2-3-11-12(4-9)24-14(21-11)8-20-6-10-5-19-7-13(23-10)15(16,17)18/h2-4,10,13,19-20H,5-8H2,1H3. The molecule has 2 atom stereocenters. The van der Waals surface area contributed by atoms with E-state index in [0.717, 1.165) is 21.0 Å². The third-order valence-electron chi connectivity index (χ3n) is 3.71. The summed E-state index contributed by atoms with van der Waals surface area (Å²) in [6.45, 7) is 1.02. The first kappa shape index (κ1) is 17.4. The van der Waals surface area contributed by atoms with Crippen LogP contribution in [0.5, 0.6) is 5.75 Å². The van der Waals surface area contributed by atoms with Crippen molar-refractivity contribution < 1.29 is 22.6 Å². The number of hydrogen-bond donors (Lipinski definition) is 2. The lowest BCUT2D eigenvalue weighted by Gasteiger charge is -2.32. The number of hydrogen-bond acceptors (Lipinski definition) is 6. The van der Waals surface area contributed by atoms with Gasteiger partial charge in [0.2, 0.25) is 0 Å². The van der Waals surface area contributed by atoms with Gasteiger partial charge in [-0.05, 0) is 18.2 Å². The molecular formula is C15H18F3N3O2S. The molecule has 1 fully saturated rings. The first-order chi connectivity index (χ1) is 11.5. The summed E-state index contributed by atoms with van der Waals surface area (Å²) in [5.41, 5.74) is 0.880. The lowest BCUT2D eigenvalue weighted by Crippen LogP contribution is -2.53. The monoisotopic (exact) mass is 361 g/mol. The van der Waals surface area contributed by atoms with Crippen LogP contribution in [0.2, 0.25) is 0 Å². The molecular weight excluding hydrogens is 343 g/mol. The summed E-state index contributed by atoms with van der Waals surface area (Å²) in [5.74, 6) is 0.769. The molecule has 9 heteroatoms. The van der Waals surface area contributed by atoms with Crippen LogP contribution in [0.4, 0.5) is 13.2 Å². The Kier molecular flexibility index (Phi) is 5.24. The van der Waals surface area contributed by atoms with Gasteiger partial charge in [-0.2, -0.15) is 13.2 Å². The fourth-order valence-corrected chi connectivity index (χ4v) is 3.48. The fraction of sp³-hybridized carbons (Fsp3) is 0.533. The Labute approximate surface area is 141 Å². The van der Waals surface area contributed by atoms with Gasteiger partial charge in [0.05, 0.1) is 23.4 Å². The number of methoxy groups -OCH3 is 1. The molecule has 1 aromatic heterocycles. The van der Waals surface area contributed by atoms with Crippen molar-refractivity contribution in [1.29, 1.82) is 0 Å². The summed E-state index contributed by atoms with van der Waals surface area (Å²) < 4.78 is 49.3. The Bertz CT molecular complexity index is 692. The Morgan fingerprint density at radius 3 is 3.00 bits per heavy atom. The van der Waals surface area contributed by atoms with Crippen molar-refractivity contribution in [3.8, 4) is 5.75 Å². The second-order valence-corrected chi connectivity index (χ2v) is 6.63. The quantitative estimate of drug-likeness (QED) is 0.856. The second-order valence-electron chi connectivity index (χ2n) is 5.52. The summed E-state index contributed by atoms with van der Waals surface area (Å²) in [6.07, 6.45) is -6.59. The summed E-state index contributed by atoms with van der Waals surface area (Å²) in [6, 6.07) is 5.65. The highest BCUT2D eigenvalue weighted by Crippen LogP contribution is 2.27. The molecule has 0 bridgehead atoms. The molecule has 0 amide bonds. The molecule has 2 heterocycles. The molecule has 1 aromatic carbocycles. The van der Waals surface area contributed by atoms with Crippen LogP contribution in [0.1, 0.15) is 5.01 Å². The number of thiazole rings is 1. The lowest BCUT2D eigenvalue weighted by molar-refractivity contribution is -0.238. The average molecular weight is 361 g/mol. The van der Waals surface area contributed by atoms with Crippen LogP contribution in [-0.2, 0) is 11.3 Å². The molecule has 5 nitrogen and oxygen atoms in total. The highest BCUT2D eigenvalue weighted by Gasteiger charge is 2.43. The maximum absolute atomic E-state index is 12.7. The van der Waals surface area contributed by atoms with E-state index < -0.39 is 18.4 Å². The number of rotatable bonds is 5. The van der Waals surface area contributed by atoms with E-state index >= 15 is 0 Å². The van der Waals surface area contributed by atoms with Gasteiger partial charge in [0.1, 0.15) is 10.8 Å². The Morgan fingerprint density at radius 1 is 1.42 bits per heavy atom. The minimum Gasteiger partial charge on any atom is -0.497 e. The zero-order valence-corrected chi connectivity index (χ0v) is 13.8. The SMILES string of the molecule is COc1ccc2nc(CNCC3CNCC(C(F)(F)F)O3)sc2c1. The van der Waals surface area contributed by atoms with Gasteiger partial charge < -0.3 is 20.1 Å². The van der Waals surface area contributed by atoms with E-state index in [1.807, 2.05) is 18.2 Å². The molecule has 2 aromatic rings. The number of nitrogens with one attached hydrogen (secondary N) is 2. The maximum Gasteiger partial charge on any atom is 0.415 e. The van der Waals surface area contributed by atoms with Crippen molar-refractivity contribution in [3.63, 3.8) is 0 Å². The maximum atomic E-state index is 12.7. The van der Waals surface area contributed by atoms with E-state index in [4.69, 9.17) is 9.47 Å². The van der Waals surface area contributed by atoms with E-state index in [2.05, 4.69) is 15.6 Å². The summed E-state index contributed by atoms with van der Waals surface area (Å²) in [5, 5.41) is 6.75. The Morgan fingerprint density at radius 2 is 2.25 bits per heavy atom. The zero-order valence-electron chi connectivity index (χ0n) is 13.0. The number of aromatic nitrogens is 1. The number of nitrogens with zero attached hydrogens (tertiary/aromatic N) is 1. The fourth-order valence-electron chi connectivity index (χ4n) is 2.51. The van der Waals surface area contributed by atoms with E-state index in [1.165, 1.54) is 11.3 Å². The van der Waals surface area contributed by atoms with Crippen LogP contribution in [0.25, 0.3) is 10.2 Å². The molecule has 1 aliphatic rings. The molecule has 0 radical (unpaired) electrons. The minimum absolute atomic E-state index is 0.195. The van der Waals surface area contributed by atoms with Gasteiger partial charge in [0, 0.05) is 26.2 Å². The number of ether oxygens (including phenoxy) is 2. The highest BCUT2D eigenvalue weighted by atomic mass is 32.1. The molecule has 24 heavy (non-hydrogen) atoms. The van der Waals surface area contributed by atoms with Crippen molar-refractivity contribution in [2.24, 2.45) is 0 Å². The van der Waals surface area contributed by atoms with Crippen LogP contribution >= 0.6 is 11.3 Å². The van der Waals surface area contributed by atoms with Crippen LogP contribution in [0.3, 0.4) is 0 Å². The first-order valence-electron chi connectivity index (χ1n) is 7.53. The van der Waals surface area contributed by atoms with Crippen LogP contribution in [-0.4, -0.2) is 50.1 Å². The molecule has 2 N–H and O–H groups in total. The van der Waals surface area contributed by atoms with Gasteiger partial charge in [0.25, 0.3) is 0 Å². The molecule has 132 valence electrons. The normalized spacial score (nSPS) is 22.0. The molecule has 0 saturated carbocycles. The van der Waals surface area contributed by atoms with Crippen LogP contribution in [0.15, 0.2) is 18.2 Å². The van der Waals surface area contributed by atoms with Gasteiger partial charge in [-0.3, -0.25) is 0 Å². The number of morpholine rings is 1. The van der Waals surface area contributed by atoms with Crippen LogP contribution < -0.4 is 15.4 Å².